The maximum Gasteiger partial charge on any atom is 0.462 e. The number of aromatic nitrogens is 2. The van der Waals surface area contributed by atoms with Gasteiger partial charge in [-0.25, -0.2) is 9.36 Å². The number of aliphatic carboxylic acids is 1. The van der Waals surface area contributed by atoms with Gasteiger partial charge in [0.2, 0.25) is 0 Å². The molecular formula is C27H39ClN3O9P. The van der Waals surface area contributed by atoms with Crippen molar-refractivity contribution in [1.29, 1.82) is 0 Å². The fourth-order valence-electron chi connectivity index (χ4n) is 4.90. The third-order valence-corrected chi connectivity index (χ3v) is 9.61. The zero-order chi connectivity index (χ0) is 30.4. The van der Waals surface area contributed by atoms with Crippen LogP contribution in [0, 0.1) is 5.92 Å². The Morgan fingerprint density at radius 3 is 2.41 bits per heavy atom. The molecule has 14 heteroatoms. The first-order chi connectivity index (χ1) is 19.3. The van der Waals surface area contributed by atoms with Gasteiger partial charge in [-0.15, -0.1) is 11.6 Å². The molecule has 228 valence electrons. The summed E-state index contributed by atoms with van der Waals surface area (Å²) in [4.78, 5) is 36.7. The summed E-state index contributed by atoms with van der Waals surface area (Å²) in [6.07, 6.45) is 0.677. The number of aliphatic hydroxyl groups excluding tert-OH is 1. The first-order valence-corrected chi connectivity index (χ1v) is 15.5. The molecule has 0 aliphatic carbocycles. The molecule has 1 aliphatic rings. The average molecular weight is 616 g/mol. The van der Waals surface area contributed by atoms with Crippen molar-refractivity contribution >= 4 is 25.3 Å². The third-order valence-electron chi connectivity index (χ3n) is 7.14. The van der Waals surface area contributed by atoms with Crippen LogP contribution in [0.15, 0.2) is 52.2 Å². The smallest absolute Gasteiger partial charge is 0.462 e. The normalized spacial score (nSPS) is 24.8. The molecule has 1 aromatic heterocycles. The second-order valence-corrected chi connectivity index (χ2v) is 13.1. The van der Waals surface area contributed by atoms with Crippen molar-refractivity contribution in [2.45, 2.75) is 82.7 Å². The summed E-state index contributed by atoms with van der Waals surface area (Å²) in [7, 11) is -4.39. The van der Waals surface area contributed by atoms with E-state index >= 15 is 0 Å². The minimum atomic E-state index is -4.39. The van der Waals surface area contributed by atoms with Gasteiger partial charge in [-0.3, -0.25) is 23.7 Å². The van der Waals surface area contributed by atoms with E-state index < -0.39 is 60.9 Å². The monoisotopic (exact) mass is 615 g/mol. The lowest BCUT2D eigenvalue weighted by Crippen LogP contribution is -2.43. The van der Waals surface area contributed by atoms with Crippen LogP contribution in [0.2, 0.25) is 0 Å². The zero-order valence-electron chi connectivity index (χ0n) is 23.6. The molecule has 1 aromatic carbocycles. The Kier molecular flexibility index (Phi) is 11.4. The van der Waals surface area contributed by atoms with E-state index in [9.17, 15) is 29.2 Å². The Morgan fingerprint density at radius 2 is 1.85 bits per heavy atom. The summed E-state index contributed by atoms with van der Waals surface area (Å²) in [5, 5.41) is 21.0. The van der Waals surface area contributed by atoms with Crippen LogP contribution in [0.4, 0.5) is 0 Å². The summed E-state index contributed by atoms with van der Waals surface area (Å²) < 4.78 is 34.6. The fourth-order valence-corrected chi connectivity index (χ4v) is 7.18. The lowest BCUT2D eigenvalue weighted by molar-refractivity contribution is -0.141. The van der Waals surface area contributed by atoms with E-state index in [4.69, 9.17) is 25.4 Å². The zero-order valence-corrected chi connectivity index (χ0v) is 25.3. The van der Waals surface area contributed by atoms with Gasteiger partial charge in [0.15, 0.2) is 6.23 Å². The van der Waals surface area contributed by atoms with E-state index in [0.717, 1.165) is 36.3 Å². The van der Waals surface area contributed by atoms with Crippen molar-refractivity contribution in [2.24, 2.45) is 5.92 Å². The predicted octanol–water partition coefficient (Wildman–Crippen LogP) is 3.99. The molecule has 3 N–H and O–H groups in total. The van der Waals surface area contributed by atoms with E-state index in [1.807, 2.05) is 13.8 Å². The number of aliphatic hydroxyl groups is 1. The Bertz CT molecular complexity index is 1310. The molecule has 2 heterocycles. The quantitative estimate of drug-likeness (QED) is 0.197. The number of ether oxygens (including phenoxy) is 1. The molecule has 1 fully saturated rings. The number of carboxylic acids is 1. The Morgan fingerprint density at radius 1 is 1.22 bits per heavy atom. The van der Waals surface area contributed by atoms with Crippen molar-refractivity contribution in [2.75, 3.05) is 13.2 Å². The van der Waals surface area contributed by atoms with Gasteiger partial charge in [-0.1, -0.05) is 44.9 Å². The number of halogens is 1. The topological polar surface area (TPSA) is 160 Å². The Labute approximate surface area is 243 Å². The molecule has 12 nitrogen and oxygen atoms in total. The SMILES string of the molecule is CCCC(CCC)CN(C(C)C(=O)O)[P@@](=O)(OC[C@H]1O[C@@H](n2ccc(=O)[nH]c2=O)[C@](C)(Cl)[C@@H]1O)Oc1ccccc1. The minimum Gasteiger partial charge on any atom is -0.480 e. The van der Waals surface area contributed by atoms with Gasteiger partial charge in [0, 0.05) is 18.8 Å². The van der Waals surface area contributed by atoms with Crippen LogP contribution in [-0.2, 0) is 18.6 Å². The van der Waals surface area contributed by atoms with E-state index in [2.05, 4.69) is 4.98 Å². The van der Waals surface area contributed by atoms with Gasteiger partial charge in [-0.2, -0.15) is 4.67 Å². The highest BCUT2D eigenvalue weighted by Crippen LogP contribution is 2.55. The number of rotatable bonds is 15. The van der Waals surface area contributed by atoms with Gasteiger partial charge < -0.3 is 19.5 Å². The molecule has 6 atom stereocenters. The molecule has 0 amide bonds. The van der Waals surface area contributed by atoms with Crippen molar-refractivity contribution < 1.29 is 33.4 Å². The van der Waals surface area contributed by atoms with Crippen molar-refractivity contribution in [3.05, 3.63) is 63.4 Å². The Balaban J connectivity index is 1.95. The maximum atomic E-state index is 14.6. The predicted molar refractivity (Wildman–Crippen MR) is 153 cm³/mol. The molecule has 2 aromatic rings. The van der Waals surface area contributed by atoms with Crippen molar-refractivity contribution in [3.8, 4) is 5.75 Å². The van der Waals surface area contributed by atoms with Crippen molar-refractivity contribution in [1.82, 2.24) is 14.2 Å². The summed E-state index contributed by atoms with van der Waals surface area (Å²) in [5.74, 6) is -0.979. The van der Waals surface area contributed by atoms with Gasteiger partial charge in [0.05, 0.1) is 6.61 Å². The molecule has 0 saturated carbocycles. The number of alkyl halides is 1. The summed E-state index contributed by atoms with van der Waals surface area (Å²) in [5.41, 5.74) is -1.40. The number of benzene rings is 1. The second kappa shape index (κ2) is 14.1. The van der Waals surface area contributed by atoms with E-state index in [1.165, 1.54) is 24.7 Å². The van der Waals surface area contributed by atoms with Crippen LogP contribution in [0.3, 0.4) is 0 Å². The average Bonchev–Trinajstić information content (AvgIpc) is 3.14. The highest BCUT2D eigenvalue weighted by molar-refractivity contribution is 7.51. The standard InChI is InChI=1S/C27H39ClN3O9P/c1-5-10-19(11-6-2)16-31(18(3)24(34)35)41(37,40-20-12-8-7-9-13-20)38-17-21-23(33)27(4,28)25(39-21)30-15-14-22(32)29-26(30)36/h7-9,12-15,18-19,21,23,25,33H,5-6,10-11,16-17H2,1-4H3,(H,34,35)(H,29,32,36)/t18?,21-,23-,25-,27-,41-/m1/s1. The van der Waals surface area contributed by atoms with Gasteiger partial charge in [0.1, 0.15) is 28.9 Å². The number of para-hydroxylation sites is 1. The molecule has 1 saturated heterocycles. The first-order valence-electron chi connectivity index (χ1n) is 13.7. The number of hydrogen-bond donors (Lipinski definition) is 3. The van der Waals surface area contributed by atoms with Gasteiger partial charge in [0.25, 0.3) is 5.56 Å². The van der Waals surface area contributed by atoms with Crippen LogP contribution in [-0.4, -0.2) is 66.7 Å². The van der Waals surface area contributed by atoms with Crippen LogP contribution in [0.5, 0.6) is 5.75 Å². The maximum absolute atomic E-state index is 14.6. The molecule has 0 spiro atoms. The van der Waals surface area contributed by atoms with Gasteiger partial charge >= 0.3 is 19.4 Å². The number of aromatic amines is 1. The molecule has 0 radical (unpaired) electrons. The molecule has 1 unspecified atom stereocenters. The van der Waals surface area contributed by atoms with Crippen LogP contribution in [0.1, 0.15) is 59.6 Å². The van der Waals surface area contributed by atoms with E-state index in [0.29, 0.717) is 0 Å². The van der Waals surface area contributed by atoms with Crippen LogP contribution < -0.4 is 15.8 Å². The van der Waals surface area contributed by atoms with Crippen molar-refractivity contribution in [3.63, 3.8) is 0 Å². The number of hydrogen-bond acceptors (Lipinski definition) is 8. The molecular weight excluding hydrogens is 577 g/mol. The Hall–Kier alpha value is -2.47. The molecule has 1 aliphatic heterocycles. The number of nitrogens with one attached hydrogen (secondary N) is 1. The fraction of sp³-hybridized carbons (Fsp3) is 0.593. The lowest BCUT2D eigenvalue weighted by Gasteiger charge is -2.35. The van der Waals surface area contributed by atoms with E-state index in [-0.39, 0.29) is 18.2 Å². The third kappa shape index (κ3) is 7.88. The second-order valence-electron chi connectivity index (χ2n) is 10.4. The number of nitrogens with zero attached hydrogens (tertiary/aromatic N) is 2. The summed E-state index contributed by atoms with van der Waals surface area (Å²) in [6.45, 7) is 6.55. The number of H-pyrrole nitrogens is 1. The van der Waals surface area contributed by atoms with Crippen LogP contribution >= 0.6 is 19.3 Å². The first kappa shape index (κ1) is 33.0. The molecule has 41 heavy (non-hydrogen) atoms. The lowest BCUT2D eigenvalue weighted by atomic mass is 9.98. The minimum absolute atomic E-state index is 0.0269. The highest BCUT2D eigenvalue weighted by atomic mass is 35.5. The summed E-state index contributed by atoms with van der Waals surface area (Å²) >= 11 is 6.63. The molecule has 3 rings (SSSR count). The highest BCUT2D eigenvalue weighted by Gasteiger charge is 2.54. The molecule has 0 bridgehead atoms. The summed E-state index contributed by atoms with van der Waals surface area (Å²) in [6, 6.07) is 8.13. The largest absolute Gasteiger partial charge is 0.480 e. The van der Waals surface area contributed by atoms with E-state index in [1.54, 1.807) is 30.3 Å². The number of carbonyl (C=O) groups is 1. The number of carboxylic acid groups (broad SMARTS) is 1. The van der Waals surface area contributed by atoms with Crippen LogP contribution in [0.25, 0.3) is 0 Å². The van der Waals surface area contributed by atoms with Gasteiger partial charge in [-0.05, 0) is 44.7 Å².